The summed E-state index contributed by atoms with van der Waals surface area (Å²) < 4.78 is 10.5. The van der Waals surface area contributed by atoms with Gasteiger partial charge in [-0.2, -0.15) is 0 Å². The van der Waals surface area contributed by atoms with Crippen molar-refractivity contribution in [3.63, 3.8) is 0 Å². The molecule has 2 aromatic rings. The van der Waals surface area contributed by atoms with Crippen molar-refractivity contribution in [3.8, 4) is 5.75 Å². The highest BCUT2D eigenvalue weighted by molar-refractivity contribution is 6.31. The molecule has 0 aliphatic carbocycles. The van der Waals surface area contributed by atoms with Gasteiger partial charge in [0.25, 0.3) is 5.91 Å². The van der Waals surface area contributed by atoms with E-state index in [1.54, 1.807) is 18.2 Å². The minimum Gasteiger partial charge on any atom is -0.482 e. The maximum Gasteiger partial charge on any atom is 0.326 e. The Morgan fingerprint density at radius 2 is 2.00 bits per heavy atom. The van der Waals surface area contributed by atoms with E-state index in [0.717, 1.165) is 5.56 Å². The van der Waals surface area contributed by atoms with Crippen LogP contribution in [-0.4, -0.2) is 25.0 Å². The topological polar surface area (TPSA) is 55.8 Å². The Kier molecular flexibility index (Phi) is 4.48. The fourth-order valence-corrected chi connectivity index (χ4v) is 2.43. The molecule has 0 N–H and O–H groups in total. The Balaban J connectivity index is 1.68. The van der Waals surface area contributed by atoms with Gasteiger partial charge in [-0.15, -0.1) is 0 Å². The molecular formula is C17H14ClNO4. The highest BCUT2D eigenvalue weighted by atomic mass is 35.5. The molecule has 0 fully saturated rings. The van der Waals surface area contributed by atoms with Gasteiger partial charge in [0, 0.05) is 5.02 Å². The summed E-state index contributed by atoms with van der Waals surface area (Å²) in [5.74, 6) is -0.281. The van der Waals surface area contributed by atoms with Crippen molar-refractivity contribution in [2.24, 2.45) is 0 Å². The molecule has 0 radical (unpaired) electrons. The second kappa shape index (κ2) is 6.71. The van der Waals surface area contributed by atoms with E-state index < -0.39 is 5.97 Å². The number of fused-ring (bicyclic) bond motifs is 1. The third-order valence-electron chi connectivity index (χ3n) is 3.39. The first-order valence-electron chi connectivity index (χ1n) is 7.06. The van der Waals surface area contributed by atoms with Crippen molar-refractivity contribution in [2.75, 3.05) is 18.1 Å². The highest BCUT2D eigenvalue weighted by Crippen LogP contribution is 2.34. The SMILES string of the molecule is O=C(CN1C(=O)COc2ccc(Cl)cc21)OCc1ccccc1. The molecule has 1 aliphatic heterocycles. The summed E-state index contributed by atoms with van der Waals surface area (Å²) >= 11 is 5.96. The third kappa shape index (κ3) is 3.63. The first-order chi connectivity index (χ1) is 11.1. The molecule has 0 unspecified atom stereocenters. The van der Waals surface area contributed by atoms with E-state index in [0.29, 0.717) is 16.5 Å². The number of hydrogen-bond donors (Lipinski definition) is 0. The minimum absolute atomic E-state index is 0.111. The molecule has 0 aromatic heterocycles. The fraction of sp³-hybridized carbons (Fsp3) is 0.176. The Bertz CT molecular complexity index is 733. The van der Waals surface area contributed by atoms with Crippen molar-refractivity contribution in [1.82, 2.24) is 0 Å². The molecule has 0 spiro atoms. The van der Waals surface area contributed by atoms with Crippen LogP contribution >= 0.6 is 11.6 Å². The molecule has 0 bridgehead atoms. The Morgan fingerprint density at radius 1 is 1.22 bits per heavy atom. The van der Waals surface area contributed by atoms with E-state index in [4.69, 9.17) is 21.1 Å². The van der Waals surface area contributed by atoms with Crippen LogP contribution in [0.15, 0.2) is 48.5 Å². The summed E-state index contributed by atoms with van der Waals surface area (Å²) in [6, 6.07) is 14.3. The van der Waals surface area contributed by atoms with E-state index in [9.17, 15) is 9.59 Å². The van der Waals surface area contributed by atoms with Crippen LogP contribution in [0, 0.1) is 0 Å². The Morgan fingerprint density at radius 3 is 2.78 bits per heavy atom. The van der Waals surface area contributed by atoms with Crippen molar-refractivity contribution in [1.29, 1.82) is 0 Å². The van der Waals surface area contributed by atoms with Crippen LogP contribution in [-0.2, 0) is 20.9 Å². The maximum atomic E-state index is 12.0. The fourth-order valence-electron chi connectivity index (χ4n) is 2.26. The van der Waals surface area contributed by atoms with Gasteiger partial charge in [0.15, 0.2) is 6.61 Å². The molecule has 1 heterocycles. The lowest BCUT2D eigenvalue weighted by molar-refractivity contribution is -0.144. The molecule has 3 rings (SSSR count). The minimum atomic E-state index is -0.491. The number of rotatable bonds is 4. The monoisotopic (exact) mass is 331 g/mol. The number of benzene rings is 2. The van der Waals surface area contributed by atoms with Gasteiger partial charge in [-0.3, -0.25) is 14.5 Å². The normalized spacial score (nSPS) is 13.3. The first kappa shape index (κ1) is 15.4. The van der Waals surface area contributed by atoms with Gasteiger partial charge in [0.1, 0.15) is 18.9 Å². The summed E-state index contributed by atoms with van der Waals surface area (Å²) in [5.41, 5.74) is 1.36. The number of nitrogens with zero attached hydrogens (tertiary/aromatic N) is 1. The lowest BCUT2D eigenvalue weighted by Crippen LogP contribution is -2.42. The van der Waals surface area contributed by atoms with Gasteiger partial charge in [0.2, 0.25) is 0 Å². The van der Waals surface area contributed by atoms with Gasteiger partial charge in [-0.25, -0.2) is 0 Å². The quantitative estimate of drug-likeness (QED) is 0.808. The highest BCUT2D eigenvalue weighted by Gasteiger charge is 2.28. The average Bonchev–Trinajstić information content (AvgIpc) is 2.57. The Labute approximate surface area is 138 Å². The molecule has 5 nitrogen and oxygen atoms in total. The van der Waals surface area contributed by atoms with E-state index in [1.807, 2.05) is 30.3 Å². The molecule has 23 heavy (non-hydrogen) atoms. The number of ether oxygens (including phenoxy) is 2. The second-order valence-electron chi connectivity index (χ2n) is 5.03. The first-order valence-corrected chi connectivity index (χ1v) is 7.43. The van der Waals surface area contributed by atoms with E-state index in [-0.39, 0.29) is 25.7 Å². The number of halogens is 1. The van der Waals surface area contributed by atoms with E-state index in [1.165, 1.54) is 4.90 Å². The number of esters is 1. The van der Waals surface area contributed by atoms with Crippen LogP contribution < -0.4 is 9.64 Å². The summed E-state index contributed by atoms with van der Waals surface area (Å²) in [5, 5.41) is 0.463. The number of anilines is 1. The van der Waals surface area contributed by atoms with Gasteiger partial charge >= 0.3 is 5.97 Å². The largest absolute Gasteiger partial charge is 0.482 e. The lowest BCUT2D eigenvalue weighted by atomic mass is 10.2. The zero-order chi connectivity index (χ0) is 16.2. The van der Waals surface area contributed by atoms with Gasteiger partial charge in [-0.05, 0) is 23.8 Å². The van der Waals surface area contributed by atoms with Crippen LogP contribution in [0.3, 0.4) is 0 Å². The van der Waals surface area contributed by atoms with Crippen LogP contribution in [0.4, 0.5) is 5.69 Å². The molecule has 118 valence electrons. The molecule has 2 aromatic carbocycles. The zero-order valence-corrected chi connectivity index (χ0v) is 13.0. The van der Waals surface area contributed by atoms with Crippen molar-refractivity contribution >= 4 is 29.2 Å². The molecule has 0 saturated carbocycles. The predicted molar refractivity (Wildman–Crippen MR) is 85.5 cm³/mol. The average molecular weight is 332 g/mol. The van der Waals surface area contributed by atoms with Crippen LogP contribution in [0.1, 0.15) is 5.56 Å². The maximum absolute atomic E-state index is 12.0. The lowest BCUT2D eigenvalue weighted by Gasteiger charge is -2.28. The molecule has 1 aliphatic rings. The predicted octanol–water partition coefficient (Wildman–Crippen LogP) is 2.81. The van der Waals surface area contributed by atoms with Gasteiger partial charge < -0.3 is 9.47 Å². The van der Waals surface area contributed by atoms with Crippen molar-refractivity contribution in [3.05, 3.63) is 59.1 Å². The smallest absolute Gasteiger partial charge is 0.326 e. The molecule has 0 atom stereocenters. The Hall–Kier alpha value is -2.53. The van der Waals surface area contributed by atoms with E-state index >= 15 is 0 Å². The third-order valence-corrected chi connectivity index (χ3v) is 3.63. The zero-order valence-electron chi connectivity index (χ0n) is 12.2. The van der Waals surface area contributed by atoms with Crippen molar-refractivity contribution in [2.45, 2.75) is 6.61 Å². The van der Waals surface area contributed by atoms with E-state index in [2.05, 4.69) is 0 Å². The molecule has 0 saturated heterocycles. The summed E-state index contributed by atoms with van der Waals surface area (Å²) in [6.07, 6.45) is 0. The number of hydrogen-bond acceptors (Lipinski definition) is 4. The summed E-state index contributed by atoms with van der Waals surface area (Å²) in [6.45, 7) is -0.121. The van der Waals surface area contributed by atoms with Gasteiger partial charge in [0.05, 0.1) is 5.69 Å². The number of amides is 1. The van der Waals surface area contributed by atoms with Crippen LogP contribution in [0.25, 0.3) is 0 Å². The molecule has 6 heteroatoms. The van der Waals surface area contributed by atoms with Crippen LogP contribution in [0.2, 0.25) is 5.02 Å². The molecular weight excluding hydrogens is 318 g/mol. The summed E-state index contributed by atoms with van der Waals surface area (Å²) in [7, 11) is 0. The van der Waals surface area contributed by atoms with Crippen LogP contribution in [0.5, 0.6) is 5.75 Å². The van der Waals surface area contributed by atoms with Crippen molar-refractivity contribution < 1.29 is 19.1 Å². The summed E-state index contributed by atoms with van der Waals surface area (Å²) in [4.78, 5) is 25.4. The second-order valence-corrected chi connectivity index (χ2v) is 5.46. The standard InChI is InChI=1S/C17H14ClNO4/c18-13-6-7-15-14(8-13)19(16(20)11-22-15)9-17(21)23-10-12-4-2-1-3-5-12/h1-8H,9-11H2. The molecule has 1 amide bonds. The number of carbonyl (C=O) groups excluding carboxylic acids is 2. The number of carbonyl (C=O) groups is 2. The van der Waals surface area contributed by atoms with Gasteiger partial charge in [-0.1, -0.05) is 41.9 Å².